The fourth-order valence-corrected chi connectivity index (χ4v) is 10.6. The van der Waals surface area contributed by atoms with Crippen LogP contribution in [0.1, 0.15) is 202 Å². The second-order valence-corrected chi connectivity index (χ2v) is 24.9. The van der Waals surface area contributed by atoms with Crippen molar-refractivity contribution in [1.82, 2.24) is 0 Å². The van der Waals surface area contributed by atoms with Crippen molar-refractivity contribution in [2.24, 2.45) is 0 Å². The summed E-state index contributed by atoms with van der Waals surface area (Å²) in [5.41, 5.74) is 0. The molecule has 4 heterocycles. The van der Waals surface area contributed by atoms with E-state index < -0.39 is 14.4 Å². The summed E-state index contributed by atoms with van der Waals surface area (Å²) in [7, 11) is -0.218. The Labute approximate surface area is 368 Å². The van der Waals surface area contributed by atoms with Crippen LogP contribution in [0.5, 0.6) is 0 Å². The fourth-order valence-electron chi connectivity index (χ4n) is 9.27. The van der Waals surface area contributed by atoms with Crippen LogP contribution in [0.2, 0.25) is 18.1 Å². The molecule has 4 aliphatic heterocycles. The topological polar surface area (TPSA) is 122 Å². The van der Waals surface area contributed by atoms with Gasteiger partial charge in [-0.3, -0.25) is 0 Å². The first-order valence-electron chi connectivity index (χ1n) is 25.0. The molecule has 2 N–H and O–H groups in total. The number of rotatable bonds is 30. The zero-order chi connectivity index (χ0) is 43.8. The van der Waals surface area contributed by atoms with Gasteiger partial charge >= 0.3 is 0 Å². The lowest BCUT2D eigenvalue weighted by Gasteiger charge is -2.41. The van der Waals surface area contributed by atoms with Crippen LogP contribution in [-0.4, -0.2) is 112 Å². The molecule has 0 bridgehead atoms. The molecule has 0 unspecified atom stereocenters. The molecule has 60 heavy (non-hydrogen) atoms. The van der Waals surface area contributed by atoms with E-state index in [0.29, 0.717) is 6.79 Å². The summed E-state index contributed by atoms with van der Waals surface area (Å²) in [6.45, 7) is 16.2. The molecule has 0 radical (unpaired) electrons. The predicted octanol–water partition coefficient (Wildman–Crippen LogP) is 11.2. The molecule has 4 aliphatic rings. The lowest BCUT2D eigenvalue weighted by Crippen LogP contribution is -2.47. The van der Waals surface area contributed by atoms with Gasteiger partial charge in [-0.25, -0.2) is 0 Å². The van der Waals surface area contributed by atoms with Crippen LogP contribution in [0, 0.1) is 0 Å². The normalized spacial score (nSPS) is 28.8. The van der Waals surface area contributed by atoms with Crippen LogP contribution >= 0.6 is 0 Å². The van der Waals surface area contributed by atoms with Crippen LogP contribution in [0.15, 0.2) is 0 Å². The van der Waals surface area contributed by atoms with E-state index in [1.807, 2.05) is 0 Å². The van der Waals surface area contributed by atoms with Crippen LogP contribution in [0.4, 0.5) is 0 Å². The molecule has 4 fully saturated rings. The Hall–Kier alpha value is -0.473. The minimum absolute atomic E-state index is 0.0258. The monoisotopic (exact) mass is 871 g/mol. The third kappa shape index (κ3) is 19.3. The number of hydrogen-bond acceptors (Lipinski definition) is 10. The Morgan fingerprint density at radius 2 is 1.03 bits per heavy atom. The fraction of sp³-hybridized carbons (Fsp3) is 0.980. The minimum Gasteiger partial charge on any atom is -0.411 e. The lowest BCUT2D eigenvalue weighted by atomic mass is 10.0. The van der Waals surface area contributed by atoms with Gasteiger partial charge in [-0.1, -0.05) is 137 Å². The van der Waals surface area contributed by atoms with Crippen LogP contribution < -0.4 is 0 Å². The molecule has 11 atom stereocenters. The molecule has 0 spiro atoms. The number of unbranched alkanes of at least 4 members (excludes halogenated alkanes) is 14. The standard InChI is InChI=1S/C27H54O5Si.C22H40O5/c1-7-8-9-10-11-12-13-14-15-26(32-33(5,6)27(2,3)4)25-19-18-24(31-25)23-17-16-22(30-23)21(29)20-28;1-3-4-5-6-7-8-9-10-11-19(25-17-24-2)20-14-15-22(27-20)21-13-12-18(16-23)26-21/h21-26,28-29H,7-20H2,1-6H3;16,18-22H,3-15,17H2,1-2H3/t21-,22-,23-,24-,25-,26+;18-,19-,20-,21-,22-/m11/s1. The van der Waals surface area contributed by atoms with E-state index >= 15 is 0 Å². The number of carbonyl (C=O) groups is 1. The Bertz CT molecular complexity index is 1090. The summed E-state index contributed by atoms with van der Waals surface area (Å²) >= 11 is 0. The average molecular weight is 871 g/mol. The third-order valence-corrected chi connectivity index (χ3v) is 18.6. The molecule has 0 saturated carbocycles. The highest BCUT2D eigenvalue weighted by Crippen LogP contribution is 2.41. The third-order valence-electron chi connectivity index (χ3n) is 14.1. The highest BCUT2D eigenvalue weighted by molar-refractivity contribution is 6.74. The summed E-state index contributed by atoms with van der Waals surface area (Å²) in [5.74, 6) is 0. The molecule has 0 aromatic carbocycles. The van der Waals surface area contributed by atoms with Crippen LogP contribution in [0.25, 0.3) is 0 Å². The van der Waals surface area contributed by atoms with E-state index in [1.165, 1.54) is 103 Å². The molecule has 0 aromatic rings. The van der Waals surface area contributed by atoms with E-state index in [2.05, 4.69) is 47.7 Å². The first-order chi connectivity index (χ1) is 28.9. The first kappa shape index (κ1) is 53.9. The summed E-state index contributed by atoms with van der Waals surface area (Å²) in [6.07, 6.45) is 31.1. The van der Waals surface area contributed by atoms with E-state index in [4.69, 9.17) is 32.8 Å². The zero-order valence-corrected chi connectivity index (χ0v) is 40.9. The van der Waals surface area contributed by atoms with Crippen molar-refractivity contribution < 1.29 is 47.9 Å². The van der Waals surface area contributed by atoms with E-state index in [1.54, 1.807) is 7.11 Å². The molecular formula is C49H94O10Si. The maximum absolute atomic E-state index is 10.9. The van der Waals surface area contributed by atoms with Crippen molar-refractivity contribution in [2.45, 2.75) is 287 Å². The first-order valence-corrected chi connectivity index (χ1v) is 27.9. The quantitative estimate of drug-likeness (QED) is 0.0312. The summed E-state index contributed by atoms with van der Waals surface area (Å²) in [5, 5.41) is 19.4. The molecule has 11 heteroatoms. The molecule has 4 rings (SSSR count). The van der Waals surface area contributed by atoms with Gasteiger partial charge in [0.15, 0.2) is 8.32 Å². The number of methoxy groups -OCH3 is 1. The van der Waals surface area contributed by atoms with Crippen molar-refractivity contribution in [2.75, 3.05) is 20.5 Å². The molecule has 4 saturated heterocycles. The van der Waals surface area contributed by atoms with Gasteiger partial charge in [0.2, 0.25) is 0 Å². The highest BCUT2D eigenvalue weighted by atomic mass is 28.4. The van der Waals surface area contributed by atoms with Gasteiger partial charge in [0, 0.05) is 7.11 Å². The average Bonchev–Trinajstić information content (AvgIpc) is 4.07. The van der Waals surface area contributed by atoms with Gasteiger partial charge in [0.1, 0.15) is 25.3 Å². The zero-order valence-electron chi connectivity index (χ0n) is 39.9. The highest BCUT2D eigenvalue weighted by Gasteiger charge is 2.45. The van der Waals surface area contributed by atoms with Crippen molar-refractivity contribution in [3.8, 4) is 0 Å². The van der Waals surface area contributed by atoms with Gasteiger partial charge < -0.3 is 47.9 Å². The van der Waals surface area contributed by atoms with Gasteiger partial charge in [-0.15, -0.1) is 0 Å². The maximum Gasteiger partial charge on any atom is 0.192 e. The number of carbonyl (C=O) groups excluding carboxylic acids is 1. The van der Waals surface area contributed by atoms with Crippen molar-refractivity contribution in [1.29, 1.82) is 0 Å². The number of ether oxygens (including phenoxy) is 6. The second kappa shape index (κ2) is 29.9. The Balaban J connectivity index is 0.000000327. The van der Waals surface area contributed by atoms with E-state index in [0.717, 1.165) is 70.5 Å². The Morgan fingerprint density at radius 1 is 0.617 bits per heavy atom. The van der Waals surface area contributed by atoms with Gasteiger partial charge in [0.25, 0.3) is 0 Å². The second-order valence-electron chi connectivity index (χ2n) is 20.1. The summed E-state index contributed by atoms with van der Waals surface area (Å²) in [4.78, 5) is 10.9. The van der Waals surface area contributed by atoms with Gasteiger partial charge in [0.05, 0.1) is 61.5 Å². The van der Waals surface area contributed by atoms with Crippen molar-refractivity contribution >= 4 is 14.6 Å². The van der Waals surface area contributed by atoms with Crippen molar-refractivity contribution in [3.63, 3.8) is 0 Å². The molecular weight excluding hydrogens is 777 g/mol. The van der Waals surface area contributed by atoms with Gasteiger partial charge in [-0.05, 0) is 82.3 Å². The van der Waals surface area contributed by atoms with E-state index in [9.17, 15) is 15.0 Å². The largest absolute Gasteiger partial charge is 0.411 e. The number of aliphatic hydroxyl groups excluding tert-OH is 2. The summed E-state index contributed by atoms with van der Waals surface area (Å²) < 4.78 is 42.7. The van der Waals surface area contributed by atoms with E-state index in [-0.39, 0.29) is 72.7 Å². The molecule has 0 aliphatic carbocycles. The van der Waals surface area contributed by atoms with Crippen LogP contribution in [-0.2, 0) is 37.6 Å². The number of aliphatic hydroxyl groups is 2. The Morgan fingerprint density at radius 3 is 1.48 bits per heavy atom. The Kier molecular flexibility index (Phi) is 26.8. The molecule has 0 aromatic heterocycles. The van der Waals surface area contributed by atoms with Crippen molar-refractivity contribution in [3.05, 3.63) is 0 Å². The smallest absolute Gasteiger partial charge is 0.192 e. The maximum atomic E-state index is 10.9. The van der Waals surface area contributed by atoms with Gasteiger partial charge in [-0.2, -0.15) is 0 Å². The molecule has 0 amide bonds. The predicted molar refractivity (Wildman–Crippen MR) is 244 cm³/mol. The SMILES string of the molecule is CCCCCCCCCC[C@@H](OCOC)[C@H]1CC[C@H]([C@H]2CC[C@H](C=O)O2)O1.CCCCCCCCCC[C@H](O[Si](C)(C)C(C)(C)C)[C@H]1CC[C@H]([C@H]2CC[C@H]([C@H](O)CO)O2)O1. The summed E-state index contributed by atoms with van der Waals surface area (Å²) in [6, 6.07) is 0. The number of hydrogen-bond donors (Lipinski definition) is 2. The minimum atomic E-state index is -1.88. The van der Waals surface area contributed by atoms with Crippen LogP contribution in [0.3, 0.4) is 0 Å². The lowest BCUT2D eigenvalue weighted by molar-refractivity contribution is -0.144. The molecule has 10 nitrogen and oxygen atoms in total. The number of aldehydes is 1. The molecule has 354 valence electrons.